The molecule has 27 heteroatoms. The molecule has 0 spiro atoms. The molecule has 12 N–H and O–H groups in total. The lowest BCUT2D eigenvalue weighted by Gasteiger charge is -2.36. The van der Waals surface area contributed by atoms with Crippen molar-refractivity contribution in [1.29, 1.82) is 0 Å². The van der Waals surface area contributed by atoms with Crippen LogP contribution in [-0.2, 0) is 53.3 Å². The van der Waals surface area contributed by atoms with Crippen molar-refractivity contribution in [3.63, 3.8) is 0 Å². The number of rotatable bonds is 23. The molecule has 2 aromatic heterocycles. The SMILES string of the molecule is CC(C)(C)OC(=O)NC[C@H]1CC[C@H](C(=O)N(c2ccc(-c3n[nH]c(=O)[nH]3)cc2)[C@@H](Cc2cccc(Br)c2)C(N)=O)CC1.Cc1ccc(S(=O)(=O)NCc2ccccc2)cc1-c1cccc(C[C@H](NC(=O)[C@H]2CC[C@H](CNC(=O)O)CC2)C(=O)Nc2ccc(-c3n[nH]c(=O)[nH]3)cc2)c1. The summed E-state index contributed by atoms with van der Waals surface area (Å²) in [6, 6.07) is 41.0. The van der Waals surface area contributed by atoms with E-state index in [1.54, 1.807) is 66.7 Å². The number of nitrogens with two attached hydrogens (primary N) is 1. The van der Waals surface area contributed by atoms with Gasteiger partial charge in [0.25, 0.3) is 0 Å². The fraction of sp³-hybridized carbons (Fsp3) is 0.343. The fourth-order valence-corrected chi connectivity index (χ4v) is 13.4. The summed E-state index contributed by atoms with van der Waals surface area (Å²) in [5.74, 6) is -1.04. The van der Waals surface area contributed by atoms with Crippen molar-refractivity contribution in [2.24, 2.45) is 29.4 Å². The Morgan fingerprint density at radius 3 is 1.80 bits per heavy atom. The van der Waals surface area contributed by atoms with Crippen LogP contribution in [0.2, 0.25) is 0 Å². The number of hydrogen-bond acceptors (Lipinski definition) is 13. The van der Waals surface area contributed by atoms with Gasteiger partial charge in [-0.15, -0.1) is 0 Å². The topological polar surface area (TPSA) is 379 Å². The van der Waals surface area contributed by atoms with Gasteiger partial charge in [-0.25, -0.2) is 42.5 Å². The van der Waals surface area contributed by atoms with E-state index in [1.807, 2.05) is 107 Å². The zero-order valence-electron chi connectivity index (χ0n) is 54.2. The quantitative estimate of drug-likeness (QED) is 0.0284. The molecule has 97 heavy (non-hydrogen) atoms. The molecule has 2 atom stereocenters. The number of primary amides is 1. The van der Waals surface area contributed by atoms with E-state index in [0.29, 0.717) is 91.3 Å². The Morgan fingerprint density at radius 2 is 1.24 bits per heavy atom. The van der Waals surface area contributed by atoms with Crippen LogP contribution < -0.4 is 48.0 Å². The second-order valence-corrected chi connectivity index (χ2v) is 28.1. The summed E-state index contributed by atoms with van der Waals surface area (Å²) in [4.78, 5) is 107. The molecule has 10 rings (SSSR count). The van der Waals surface area contributed by atoms with Crippen LogP contribution in [0.1, 0.15) is 94.4 Å². The number of aryl methyl sites for hydroxylation is 1. The Bertz CT molecular complexity index is 4290. The Hall–Kier alpha value is -9.99. The number of alkyl carbamates (subject to hydrolysis) is 1. The molecule has 0 saturated heterocycles. The number of anilines is 2. The molecular weight excluding hydrogens is 1330 g/mol. The Labute approximate surface area is 569 Å². The molecule has 0 aliphatic heterocycles. The van der Waals surface area contributed by atoms with Crippen LogP contribution >= 0.6 is 15.9 Å². The van der Waals surface area contributed by atoms with Gasteiger partial charge in [0.05, 0.1) is 4.90 Å². The van der Waals surface area contributed by atoms with Crippen LogP contribution in [0.3, 0.4) is 0 Å². The first-order chi connectivity index (χ1) is 46.3. The van der Waals surface area contributed by atoms with Crippen molar-refractivity contribution >= 4 is 73.1 Å². The first-order valence-electron chi connectivity index (χ1n) is 32.0. The number of H-pyrrole nitrogens is 4. The number of sulfonamides is 1. The van der Waals surface area contributed by atoms with Crippen molar-refractivity contribution in [3.8, 4) is 33.9 Å². The molecule has 2 heterocycles. The highest BCUT2D eigenvalue weighted by molar-refractivity contribution is 9.10. The molecule has 6 aromatic carbocycles. The number of halogens is 1. The van der Waals surface area contributed by atoms with Gasteiger partial charge in [0.15, 0.2) is 11.6 Å². The lowest BCUT2D eigenvalue weighted by Crippen LogP contribution is -2.52. The normalized spacial score (nSPS) is 16.8. The molecule has 0 unspecified atom stereocenters. The van der Waals surface area contributed by atoms with E-state index in [2.05, 4.69) is 72.3 Å². The molecule has 2 fully saturated rings. The van der Waals surface area contributed by atoms with E-state index >= 15 is 0 Å². The number of amides is 6. The number of aromatic amines is 4. The zero-order chi connectivity index (χ0) is 69.4. The van der Waals surface area contributed by atoms with Crippen molar-refractivity contribution in [3.05, 3.63) is 193 Å². The average Bonchev–Trinajstić information content (AvgIpc) is 0.908. The van der Waals surface area contributed by atoms with Gasteiger partial charge in [-0.1, -0.05) is 88.7 Å². The molecular formula is C70H80BrN13O12S. The van der Waals surface area contributed by atoms with E-state index in [0.717, 1.165) is 45.1 Å². The van der Waals surface area contributed by atoms with Crippen molar-refractivity contribution < 1.29 is 47.0 Å². The van der Waals surface area contributed by atoms with Gasteiger partial charge < -0.3 is 36.8 Å². The van der Waals surface area contributed by atoms with E-state index < -0.39 is 63.1 Å². The number of nitrogens with one attached hydrogen (secondary N) is 9. The Kier molecular flexibility index (Phi) is 24.0. The number of carbonyl (C=O) groups is 6. The lowest BCUT2D eigenvalue weighted by molar-refractivity contribution is -0.130. The highest BCUT2D eigenvalue weighted by atomic mass is 79.9. The molecule has 25 nitrogen and oxygen atoms in total. The number of carbonyl (C=O) groups excluding carboxylic acids is 5. The molecule has 0 bridgehead atoms. The standard InChI is InChI=1S/C40H43N7O7S.C30H37BrN6O5/c1-25-10-19-33(55(53,54)42-24-26-6-3-2-4-7-26)22-34(25)31-9-5-8-28(20-31)21-35(44-37(48)30-13-11-27(12-14-30)23-41-40(51)52)38(49)43-32-17-15-29(16-18-32)36-45-39(50)47-46-36;1-30(2,3)42-29(41)33-17-18-7-9-21(10-8-18)27(39)37(24(25(32)38)16-19-5-4-6-22(31)15-19)23-13-11-20(12-14-23)26-34-28(40)36-35-26/h2-10,15-20,22,27,30,35,41-42H,11-14,21,23-24H2,1H3,(H,43,49)(H,44,48)(H,51,52)(H2,45,46,47,50);4-6,11-15,18,21,24H,7-10,16-17H2,1-3H3,(H2,32,38)(H,33,41)(H2,34,35,36,40)/t27-,30-,35-;18-,21-,24-/m00/s1. The molecule has 6 amide bonds. The van der Waals surface area contributed by atoms with E-state index in [4.69, 9.17) is 15.6 Å². The second kappa shape index (κ2) is 32.6. The van der Waals surface area contributed by atoms with Gasteiger partial charge in [-0.05, 0) is 197 Å². The summed E-state index contributed by atoms with van der Waals surface area (Å²) in [5, 5.41) is 32.7. The van der Waals surface area contributed by atoms with Gasteiger partial charge in [0.1, 0.15) is 17.7 Å². The largest absolute Gasteiger partial charge is 0.465 e. The predicted molar refractivity (Wildman–Crippen MR) is 370 cm³/mol. The predicted octanol–water partition coefficient (Wildman–Crippen LogP) is 9.25. The molecule has 8 aromatic rings. The van der Waals surface area contributed by atoms with Crippen LogP contribution in [0.4, 0.5) is 21.0 Å². The van der Waals surface area contributed by atoms with Crippen LogP contribution in [0.25, 0.3) is 33.9 Å². The van der Waals surface area contributed by atoms with E-state index in [1.165, 1.54) is 4.90 Å². The monoisotopic (exact) mass is 1410 g/mol. The third-order valence-corrected chi connectivity index (χ3v) is 19.0. The number of aromatic nitrogens is 6. The van der Waals surface area contributed by atoms with Crippen LogP contribution in [0.15, 0.2) is 165 Å². The minimum Gasteiger partial charge on any atom is -0.465 e. The average molecular weight is 1410 g/mol. The van der Waals surface area contributed by atoms with Crippen molar-refractivity contribution in [2.45, 2.75) is 121 Å². The van der Waals surface area contributed by atoms with Gasteiger partial charge in [-0.3, -0.25) is 34.0 Å². The minimum atomic E-state index is -3.83. The smallest absolute Gasteiger partial charge is 0.407 e. The van der Waals surface area contributed by atoms with Gasteiger partial charge in [-0.2, -0.15) is 10.2 Å². The van der Waals surface area contributed by atoms with Gasteiger partial charge >= 0.3 is 23.6 Å². The minimum absolute atomic E-state index is 0.122. The molecule has 510 valence electrons. The Balaban J connectivity index is 0.000000236. The first-order valence-corrected chi connectivity index (χ1v) is 34.3. The lowest BCUT2D eigenvalue weighted by atomic mass is 9.81. The number of nitrogens with zero attached hydrogens (tertiary/aromatic N) is 3. The highest BCUT2D eigenvalue weighted by Gasteiger charge is 2.37. The molecule has 2 aliphatic carbocycles. The maximum Gasteiger partial charge on any atom is 0.407 e. The van der Waals surface area contributed by atoms with Crippen LogP contribution in [-0.4, -0.2) is 110 Å². The van der Waals surface area contributed by atoms with Gasteiger partial charge in [0, 0.05) is 71.3 Å². The number of benzene rings is 6. The zero-order valence-corrected chi connectivity index (χ0v) is 56.6. The van der Waals surface area contributed by atoms with E-state index in [-0.39, 0.29) is 59.8 Å². The summed E-state index contributed by atoms with van der Waals surface area (Å²) >= 11 is 3.47. The maximum absolute atomic E-state index is 14.1. The highest BCUT2D eigenvalue weighted by Crippen LogP contribution is 2.35. The Morgan fingerprint density at radius 1 is 0.670 bits per heavy atom. The van der Waals surface area contributed by atoms with Crippen LogP contribution in [0.5, 0.6) is 0 Å². The molecule has 2 aliphatic rings. The maximum atomic E-state index is 14.1. The third kappa shape index (κ3) is 20.5. The van der Waals surface area contributed by atoms with Crippen molar-refractivity contribution in [1.82, 2.24) is 51.0 Å². The third-order valence-electron chi connectivity index (χ3n) is 17.1. The fourth-order valence-electron chi connectivity index (χ4n) is 12.0. The number of ether oxygens (including phenoxy) is 1. The summed E-state index contributed by atoms with van der Waals surface area (Å²) in [6.07, 6.45) is 4.08. The number of carboxylic acid groups (broad SMARTS) is 1. The summed E-state index contributed by atoms with van der Waals surface area (Å²) in [6.45, 7) is 8.30. The number of hydrogen-bond donors (Lipinski definition) is 11. The first kappa shape index (κ1) is 71.3. The van der Waals surface area contributed by atoms with Crippen LogP contribution in [0, 0.1) is 30.6 Å². The molecule has 0 radical (unpaired) electrons. The van der Waals surface area contributed by atoms with E-state index in [9.17, 15) is 46.8 Å². The molecule has 2 saturated carbocycles. The van der Waals surface area contributed by atoms with Gasteiger partial charge in [0.2, 0.25) is 33.7 Å². The summed E-state index contributed by atoms with van der Waals surface area (Å²) in [5.41, 5.74) is 11.5. The second-order valence-electron chi connectivity index (χ2n) is 25.4. The summed E-state index contributed by atoms with van der Waals surface area (Å²) < 4.78 is 35.5. The van der Waals surface area contributed by atoms with Crippen molar-refractivity contribution in [2.75, 3.05) is 23.3 Å². The summed E-state index contributed by atoms with van der Waals surface area (Å²) in [7, 11) is -3.83.